The summed E-state index contributed by atoms with van der Waals surface area (Å²) < 4.78 is 62.4. The highest BCUT2D eigenvalue weighted by Gasteiger charge is 2.53. The second-order valence-electron chi connectivity index (χ2n) is 10.3. The van der Waals surface area contributed by atoms with Gasteiger partial charge in [0.2, 0.25) is 10.0 Å². The monoisotopic (exact) mass is 584 g/mol. The van der Waals surface area contributed by atoms with Gasteiger partial charge in [-0.3, -0.25) is 9.00 Å². The first-order chi connectivity index (χ1) is 17.5. The van der Waals surface area contributed by atoms with E-state index in [2.05, 4.69) is 11.2 Å². The van der Waals surface area contributed by atoms with Crippen LogP contribution in [0.4, 0.5) is 4.39 Å². The van der Waals surface area contributed by atoms with Crippen LogP contribution in [-0.4, -0.2) is 65.9 Å². The quantitative estimate of drug-likeness (QED) is 0.456. The number of halogens is 2. The van der Waals surface area contributed by atoms with Crippen molar-refractivity contribution in [2.45, 2.75) is 55.8 Å². The molecule has 0 bridgehead atoms. The number of nitrogens with one attached hydrogen (secondary N) is 1. The molecule has 1 fully saturated rings. The number of piperidine rings is 1. The molecule has 3 atom stereocenters. The Labute approximate surface area is 230 Å². The van der Waals surface area contributed by atoms with Crippen LogP contribution < -0.4 is 10.1 Å². The zero-order valence-corrected chi connectivity index (χ0v) is 24.6. The summed E-state index contributed by atoms with van der Waals surface area (Å²) in [6.45, 7) is 4.62. The lowest BCUT2D eigenvalue weighted by molar-refractivity contribution is -0.138. The molecule has 38 heavy (non-hydrogen) atoms. The number of alkyl halides is 1. The van der Waals surface area contributed by atoms with Crippen LogP contribution >= 0.6 is 11.6 Å². The smallest absolute Gasteiger partial charge is 0.258 e. The zero-order chi connectivity index (χ0) is 28.5. The first-order valence-electron chi connectivity index (χ1n) is 12.0. The van der Waals surface area contributed by atoms with E-state index in [1.807, 2.05) is 0 Å². The molecule has 7 nitrogen and oxygen atoms in total. The summed E-state index contributed by atoms with van der Waals surface area (Å²) in [5, 5.41) is 4.34. The fourth-order valence-corrected chi connectivity index (χ4v) is 7.40. The topological polar surface area (TPSA) is 92.8 Å². The second-order valence-corrected chi connectivity index (χ2v) is 14.9. The summed E-state index contributed by atoms with van der Waals surface area (Å²) in [5.41, 5.74) is -2.65. The first-order valence-corrected chi connectivity index (χ1v) is 16.0. The van der Waals surface area contributed by atoms with E-state index in [9.17, 15) is 17.4 Å². The minimum atomic E-state index is -4.14. The van der Waals surface area contributed by atoms with Crippen molar-refractivity contribution in [1.82, 2.24) is 9.62 Å². The average Bonchev–Trinajstić information content (AvgIpc) is 2.81. The highest BCUT2D eigenvalue weighted by Crippen LogP contribution is 2.43. The molecule has 2 aromatic rings. The summed E-state index contributed by atoms with van der Waals surface area (Å²) in [5.74, 6) is 3.13. The van der Waals surface area contributed by atoms with Gasteiger partial charge in [0.05, 0.1) is 12.0 Å². The molecule has 1 saturated heterocycles. The molecular formula is C27H34ClFN2O5S2. The summed E-state index contributed by atoms with van der Waals surface area (Å²) >= 11 is 6.41. The lowest BCUT2D eigenvalue weighted by Crippen LogP contribution is -2.61. The van der Waals surface area contributed by atoms with Gasteiger partial charge in [-0.1, -0.05) is 35.9 Å². The van der Waals surface area contributed by atoms with E-state index < -0.39 is 42.7 Å². The predicted octanol–water partition coefficient (Wildman–Crippen LogP) is 4.65. The van der Waals surface area contributed by atoms with E-state index in [1.165, 1.54) is 35.2 Å². The maximum atomic E-state index is 16.0. The maximum Gasteiger partial charge on any atom is 0.258 e. The van der Waals surface area contributed by atoms with Gasteiger partial charge in [-0.05, 0) is 65.8 Å². The molecule has 2 aromatic carbocycles. The molecule has 1 N–H and O–H groups in total. The Hall–Kier alpha value is -2.40. The van der Waals surface area contributed by atoms with Crippen molar-refractivity contribution in [1.29, 1.82) is 0 Å². The molecule has 11 heteroatoms. The SMILES string of the molecule is C=S(C)(=O)/C=C\[C@@H](C)NC(=O)[C@@]1(F)CCN(S(=O)(=O)c2ccc(OC)cc2-c2ccccc2Cl)C(C)(C)C1. The van der Waals surface area contributed by atoms with Crippen LogP contribution in [-0.2, 0) is 24.3 Å². The van der Waals surface area contributed by atoms with Gasteiger partial charge in [0.25, 0.3) is 5.91 Å². The number of sulfonamides is 1. The van der Waals surface area contributed by atoms with Crippen molar-refractivity contribution in [2.24, 2.45) is 0 Å². The molecule has 0 spiro atoms. The van der Waals surface area contributed by atoms with E-state index in [4.69, 9.17) is 16.3 Å². The number of methoxy groups -OCH3 is 1. The van der Waals surface area contributed by atoms with Gasteiger partial charge in [-0.25, -0.2) is 12.8 Å². The minimum absolute atomic E-state index is 0.00498. The zero-order valence-electron chi connectivity index (χ0n) is 22.2. The first kappa shape index (κ1) is 30.1. The lowest BCUT2D eigenvalue weighted by atomic mass is 9.81. The standard InChI is InChI=1S/C27H34ClFN2O5S2/c1-19(13-16-37(5,6)33)30-25(32)27(29)14-15-31(26(2,3)18-27)38(34,35)24-12-11-20(36-4)17-22(24)21-9-7-8-10-23(21)28/h7-13,16-17,19H,5,14-15,18H2,1-4,6H3,(H,30,32)/b16-13-/t19-,27-,37?/m1/s1. The average molecular weight is 585 g/mol. The van der Waals surface area contributed by atoms with E-state index in [1.54, 1.807) is 57.2 Å². The number of carbonyl (C=O) groups excluding carboxylic acids is 1. The molecule has 0 aliphatic carbocycles. The molecule has 0 saturated carbocycles. The van der Waals surface area contributed by atoms with Crippen molar-refractivity contribution in [3.63, 3.8) is 0 Å². The third kappa shape index (κ3) is 6.59. The highest BCUT2D eigenvalue weighted by atomic mass is 35.5. The van der Waals surface area contributed by atoms with Gasteiger partial charge in [0.1, 0.15) is 5.75 Å². The maximum absolute atomic E-state index is 16.0. The van der Waals surface area contributed by atoms with Crippen LogP contribution in [0.25, 0.3) is 11.1 Å². The van der Waals surface area contributed by atoms with Crippen molar-refractivity contribution in [3.05, 3.63) is 59.0 Å². The Morgan fingerprint density at radius 1 is 1.21 bits per heavy atom. The summed E-state index contributed by atoms with van der Waals surface area (Å²) in [6, 6.07) is 10.9. The molecule has 1 unspecified atom stereocenters. The Bertz CT molecular complexity index is 1460. The van der Waals surface area contributed by atoms with E-state index >= 15 is 4.39 Å². The van der Waals surface area contributed by atoms with Gasteiger partial charge in [0, 0.05) is 53.4 Å². The number of nitrogens with zero attached hydrogens (tertiary/aromatic N) is 1. The largest absolute Gasteiger partial charge is 0.497 e. The molecule has 1 aliphatic rings. The van der Waals surface area contributed by atoms with Crippen molar-refractivity contribution in [2.75, 3.05) is 19.9 Å². The molecule has 1 amide bonds. The number of rotatable bonds is 8. The van der Waals surface area contributed by atoms with Crippen molar-refractivity contribution in [3.8, 4) is 16.9 Å². The molecule has 208 valence electrons. The van der Waals surface area contributed by atoms with Gasteiger partial charge in [0.15, 0.2) is 5.67 Å². The van der Waals surface area contributed by atoms with Crippen LogP contribution in [0.15, 0.2) is 58.8 Å². The van der Waals surface area contributed by atoms with Crippen molar-refractivity contribution >= 4 is 42.9 Å². The summed E-state index contributed by atoms with van der Waals surface area (Å²) in [6.07, 6.45) is 2.28. The van der Waals surface area contributed by atoms with Crippen LogP contribution in [0, 0.1) is 0 Å². The number of benzene rings is 2. The summed E-state index contributed by atoms with van der Waals surface area (Å²) in [4.78, 5) is 12.9. The third-order valence-corrected chi connectivity index (χ3v) is 9.67. The lowest BCUT2D eigenvalue weighted by Gasteiger charge is -2.46. The molecule has 0 aromatic heterocycles. The van der Waals surface area contributed by atoms with Gasteiger partial charge in [-0.15, -0.1) is 0 Å². The number of hydrogen-bond acceptors (Lipinski definition) is 5. The molecule has 1 heterocycles. The fraction of sp³-hybridized carbons (Fsp3) is 0.407. The van der Waals surface area contributed by atoms with Crippen LogP contribution in [0.1, 0.15) is 33.6 Å². The highest BCUT2D eigenvalue weighted by molar-refractivity contribution is 8.02. The number of carbonyl (C=O) groups is 1. The minimum Gasteiger partial charge on any atom is -0.497 e. The Morgan fingerprint density at radius 3 is 2.45 bits per heavy atom. The fourth-order valence-electron chi connectivity index (χ4n) is 4.62. The van der Waals surface area contributed by atoms with Crippen LogP contribution in [0.2, 0.25) is 5.02 Å². The summed E-state index contributed by atoms with van der Waals surface area (Å²) in [7, 11) is -5.07. The number of ether oxygens (including phenoxy) is 1. The third-order valence-electron chi connectivity index (χ3n) is 6.44. The van der Waals surface area contributed by atoms with E-state index in [0.717, 1.165) is 0 Å². The Kier molecular flexibility index (Phi) is 8.72. The molecular weight excluding hydrogens is 551 g/mol. The van der Waals surface area contributed by atoms with Gasteiger partial charge >= 0.3 is 0 Å². The van der Waals surface area contributed by atoms with Gasteiger partial charge < -0.3 is 10.1 Å². The Morgan fingerprint density at radius 2 is 1.87 bits per heavy atom. The molecule has 0 radical (unpaired) electrons. The second kappa shape index (κ2) is 11.0. The predicted molar refractivity (Wildman–Crippen MR) is 152 cm³/mol. The number of hydrogen-bond donors (Lipinski definition) is 1. The van der Waals surface area contributed by atoms with Crippen LogP contribution in [0.5, 0.6) is 5.75 Å². The normalized spacial score (nSPS) is 22.5. The molecule has 3 rings (SSSR count). The van der Waals surface area contributed by atoms with E-state index in [-0.39, 0.29) is 24.3 Å². The van der Waals surface area contributed by atoms with Crippen LogP contribution in [0.3, 0.4) is 0 Å². The molecule has 1 aliphatic heterocycles. The van der Waals surface area contributed by atoms with Crippen molar-refractivity contribution < 1.29 is 26.5 Å². The van der Waals surface area contributed by atoms with Gasteiger partial charge in [-0.2, -0.15) is 4.31 Å². The Balaban J connectivity index is 1.93. The number of amides is 1. The van der Waals surface area contributed by atoms with E-state index in [0.29, 0.717) is 21.9 Å².